The zero-order valence-electron chi connectivity index (χ0n) is 6.07. The van der Waals surface area contributed by atoms with E-state index in [-0.39, 0.29) is 0 Å². The number of benzene rings is 1. The van der Waals surface area contributed by atoms with E-state index >= 15 is 0 Å². The van der Waals surface area contributed by atoms with Crippen molar-refractivity contribution in [3.05, 3.63) is 46.2 Å². The highest BCUT2D eigenvalue weighted by Crippen LogP contribution is 2.25. The second-order valence-electron chi connectivity index (χ2n) is 2.14. The highest BCUT2D eigenvalue weighted by atomic mass is 79.9. The fourth-order valence-electron chi connectivity index (χ4n) is 0.769. The molecule has 3 nitrogen and oxygen atoms in total. The Hall–Kier alpha value is -1.21. The smallest absolute Gasteiger partial charge is 0.187 e. The third-order valence-electron chi connectivity index (χ3n) is 1.39. The summed E-state index contributed by atoms with van der Waals surface area (Å²) >= 11 is 3.07. The Morgan fingerprint density at radius 3 is 2.42 bits per heavy atom. The van der Waals surface area contributed by atoms with Crippen molar-refractivity contribution in [2.24, 2.45) is 5.18 Å². The number of nitroso groups, excluding NO2 is 1. The Kier molecular flexibility index (Phi) is 2.94. The Labute approximate surface area is 78.3 Å². The van der Waals surface area contributed by atoms with Crippen molar-refractivity contribution in [2.45, 2.75) is 4.95 Å². The Balaban J connectivity index is 2.93. The second kappa shape index (κ2) is 3.98. The Morgan fingerprint density at radius 2 is 2.00 bits per heavy atom. The van der Waals surface area contributed by atoms with Crippen molar-refractivity contribution in [3.8, 4) is 0 Å². The first-order valence-corrected chi connectivity index (χ1v) is 4.13. The predicted octanol–water partition coefficient (Wildman–Crippen LogP) is 3.40. The van der Waals surface area contributed by atoms with Crippen LogP contribution in [0.5, 0.6) is 0 Å². The molecule has 1 rings (SSSR count). The normalized spacial score (nSPS) is 11.7. The van der Waals surface area contributed by atoms with Gasteiger partial charge in [0.15, 0.2) is 10.6 Å². The lowest BCUT2D eigenvalue weighted by Gasteiger charge is -1.99. The summed E-state index contributed by atoms with van der Waals surface area (Å²) in [4.78, 5) is 12.8. The summed E-state index contributed by atoms with van der Waals surface area (Å²) in [5.74, 6) is 0. The van der Waals surface area contributed by atoms with Gasteiger partial charge in [-0.25, -0.2) is 4.85 Å². The van der Waals surface area contributed by atoms with Gasteiger partial charge in [-0.3, -0.25) is 0 Å². The van der Waals surface area contributed by atoms with E-state index in [9.17, 15) is 4.91 Å². The lowest BCUT2D eigenvalue weighted by Crippen LogP contribution is -1.82. The van der Waals surface area contributed by atoms with E-state index in [4.69, 9.17) is 6.57 Å². The summed E-state index contributed by atoms with van der Waals surface area (Å²) < 4.78 is 0. The Morgan fingerprint density at radius 1 is 1.42 bits per heavy atom. The van der Waals surface area contributed by atoms with Gasteiger partial charge in [0.05, 0.1) is 6.57 Å². The summed E-state index contributed by atoms with van der Waals surface area (Å²) in [6.45, 7) is 6.69. The third-order valence-corrected chi connectivity index (χ3v) is 2.09. The lowest BCUT2D eigenvalue weighted by atomic mass is 10.2. The number of nitrogens with zero attached hydrogens (tertiary/aromatic N) is 2. The van der Waals surface area contributed by atoms with Crippen LogP contribution in [-0.4, -0.2) is 0 Å². The van der Waals surface area contributed by atoms with Crippen LogP contribution in [0.1, 0.15) is 10.5 Å². The van der Waals surface area contributed by atoms with E-state index in [0.717, 1.165) is 5.56 Å². The number of rotatable bonds is 2. The second-order valence-corrected chi connectivity index (χ2v) is 3.01. The molecule has 4 heteroatoms. The number of hydrogen-bond donors (Lipinski definition) is 0. The molecule has 0 saturated carbocycles. The van der Waals surface area contributed by atoms with E-state index in [1.165, 1.54) is 0 Å². The summed E-state index contributed by atoms with van der Waals surface area (Å²) in [6.07, 6.45) is 0. The predicted molar refractivity (Wildman–Crippen MR) is 50.2 cm³/mol. The van der Waals surface area contributed by atoms with Gasteiger partial charge in [0.1, 0.15) is 0 Å². The van der Waals surface area contributed by atoms with Crippen LogP contribution in [0.3, 0.4) is 0 Å². The molecular weight excluding hydrogens is 220 g/mol. The minimum Gasteiger partial charge on any atom is -0.238 e. The average Bonchev–Trinajstić information content (AvgIpc) is 2.17. The van der Waals surface area contributed by atoms with Gasteiger partial charge < -0.3 is 0 Å². The Bertz CT molecular complexity index is 315. The minimum absolute atomic E-state index is 0.516. The van der Waals surface area contributed by atoms with Crippen LogP contribution in [0.15, 0.2) is 29.4 Å². The van der Waals surface area contributed by atoms with Gasteiger partial charge in [0.25, 0.3) is 0 Å². The van der Waals surface area contributed by atoms with Crippen molar-refractivity contribution >= 4 is 21.6 Å². The first kappa shape index (κ1) is 8.88. The first-order chi connectivity index (χ1) is 5.77. The number of alkyl halides is 1. The molecule has 12 heavy (non-hydrogen) atoms. The van der Waals surface area contributed by atoms with Gasteiger partial charge in [0.2, 0.25) is 0 Å². The van der Waals surface area contributed by atoms with Gasteiger partial charge >= 0.3 is 0 Å². The molecule has 1 unspecified atom stereocenters. The molecule has 0 saturated heterocycles. The first-order valence-electron chi connectivity index (χ1n) is 3.22. The van der Waals surface area contributed by atoms with Crippen LogP contribution in [-0.2, 0) is 0 Å². The number of hydrogen-bond acceptors (Lipinski definition) is 2. The zero-order valence-corrected chi connectivity index (χ0v) is 7.65. The highest BCUT2D eigenvalue weighted by Gasteiger charge is 2.05. The lowest BCUT2D eigenvalue weighted by molar-refractivity contribution is 1.04. The molecule has 0 aliphatic rings. The fraction of sp³-hybridized carbons (Fsp3) is 0.125. The summed E-state index contributed by atoms with van der Waals surface area (Å²) in [6, 6.07) is 6.71. The maximum atomic E-state index is 10.1. The largest absolute Gasteiger partial charge is 0.238 e. The molecule has 0 spiro atoms. The van der Waals surface area contributed by atoms with Gasteiger partial charge in [-0.05, 0) is 10.7 Å². The zero-order chi connectivity index (χ0) is 8.97. The molecule has 60 valence electrons. The molecule has 1 aromatic rings. The van der Waals surface area contributed by atoms with Crippen molar-refractivity contribution < 1.29 is 0 Å². The molecule has 0 radical (unpaired) electrons. The van der Waals surface area contributed by atoms with Crippen LogP contribution in [0.2, 0.25) is 0 Å². The summed E-state index contributed by atoms with van der Waals surface area (Å²) in [7, 11) is 0. The number of halogens is 1. The molecule has 0 N–H and O–H groups in total. The van der Waals surface area contributed by atoms with E-state index in [1.54, 1.807) is 24.3 Å². The molecule has 0 bridgehead atoms. The quantitative estimate of drug-likeness (QED) is 0.328. The molecule has 0 amide bonds. The SMILES string of the molecule is [C-]#[N+]c1ccc(C(Br)N=O)cc1. The standard InChI is InChI=1S/C8H5BrN2O/c1-10-7-4-2-6(3-5-7)8(9)11-12/h2-5,8H. The van der Waals surface area contributed by atoms with Crippen LogP contribution in [0, 0.1) is 11.5 Å². The summed E-state index contributed by atoms with van der Waals surface area (Å²) in [5.41, 5.74) is 1.32. The van der Waals surface area contributed by atoms with Crippen molar-refractivity contribution in [1.29, 1.82) is 0 Å². The van der Waals surface area contributed by atoms with Crippen LogP contribution >= 0.6 is 15.9 Å². The monoisotopic (exact) mass is 224 g/mol. The molecule has 1 aromatic carbocycles. The topological polar surface area (TPSA) is 33.8 Å². The molecule has 0 fully saturated rings. The van der Waals surface area contributed by atoms with Crippen LogP contribution in [0.4, 0.5) is 5.69 Å². The van der Waals surface area contributed by atoms with E-state index in [1.807, 2.05) is 0 Å². The van der Waals surface area contributed by atoms with Gasteiger partial charge in [-0.2, -0.15) is 0 Å². The maximum absolute atomic E-state index is 10.1. The molecule has 0 aromatic heterocycles. The van der Waals surface area contributed by atoms with Crippen molar-refractivity contribution in [2.75, 3.05) is 0 Å². The van der Waals surface area contributed by atoms with Crippen molar-refractivity contribution in [1.82, 2.24) is 0 Å². The third kappa shape index (κ3) is 1.89. The van der Waals surface area contributed by atoms with E-state index < -0.39 is 4.95 Å². The van der Waals surface area contributed by atoms with Gasteiger partial charge in [0, 0.05) is 0 Å². The fourth-order valence-corrected chi connectivity index (χ4v) is 1.07. The van der Waals surface area contributed by atoms with Crippen molar-refractivity contribution in [3.63, 3.8) is 0 Å². The highest BCUT2D eigenvalue weighted by molar-refractivity contribution is 9.09. The molecule has 0 aliphatic carbocycles. The van der Waals surface area contributed by atoms with Gasteiger partial charge in [-0.15, -0.1) is 4.91 Å². The van der Waals surface area contributed by atoms with E-state index in [0.29, 0.717) is 5.69 Å². The summed E-state index contributed by atoms with van der Waals surface area (Å²) in [5, 5.41) is 2.80. The average molecular weight is 225 g/mol. The van der Waals surface area contributed by atoms with E-state index in [2.05, 4.69) is 26.0 Å². The van der Waals surface area contributed by atoms with Crippen LogP contribution in [0.25, 0.3) is 4.85 Å². The molecule has 0 heterocycles. The molecular formula is C8H5BrN2O. The minimum atomic E-state index is -0.516. The molecule has 1 atom stereocenters. The molecule has 0 aliphatic heterocycles. The van der Waals surface area contributed by atoms with Crippen LogP contribution < -0.4 is 0 Å². The maximum Gasteiger partial charge on any atom is 0.187 e. The van der Waals surface area contributed by atoms with Gasteiger partial charge in [-0.1, -0.05) is 40.2 Å².